The number of carbonyl (C=O) groups excluding carboxylic acids is 2. The predicted octanol–water partition coefficient (Wildman–Crippen LogP) is 5.09. The fourth-order valence-electron chi connectivity index (χ4n) is 5.05. The number of carbonyl (C=O) groups is 2. The summed E-state index contributed by atoms with van der Waals surface area (Å²) >= 11 is 0. The average Bonchev–Trinajstić information content (AvgIpc) is 3.41. The van der Waals surface area contributed by atoms with Crippen LogP contribution in [0.3, 0.4) is 0 Å². The van der Waals surface area contributed by atoms with Crippen molar-refractivity contribution in [3.05, 3.63) is 76.8 Å². The second-order valence-electron chi connectivity index (χ2n) is 9.46. The van der Waals surface area contributed by atoms with Gasteiger partial charge in [-0.05, 0) is 48.1 Å². The van der Waals surface area contributed by atoms with Crippen LogP contribution in [0.4, 0.5) is 0 Å². The molecule has 2 aromatic heterocycles. The number of nitrogens with zero attached hydrogens (tertiary/aromatic N) is 2. The number of ketones is 1. The Morgan fingerprint density at radius 3 is 2.82 bits per heavy atom. The van der Waals surface area contributed by atoms with E-state index in [-0.39, 0.29) is 17.7 Å². The number of benzene rings is 1. The number of rotatable bonds is 5. The summed E-state index contributed by atoms with van der Waals surface area (Å²) in [7, 11) is 0. The minimum absolute atomic E-state index is 0.0797. The third-order valence-electron chi connectivity index (χ3n) is 6.97. The second kappa shape index (κ2) is 7.84. The Labute approximate surface area is 192 Å². The molecule has 3 heterocycles. The van der Waals surface area contributed by atoms with Crippen LogP contribution in [-0.4, -0.2) is 34.7 Å². The van der Waals surface area contributed by atoms with Gasteiger partial charge in [-0.1, -0.05) is 43.4 Å². The topological polar surface area (TPSA) is 63.4 Å². The number of Topliss-reactive ketones (excluding diaryl/α,β-unsaturated/α-hetero) is 1. The Bertz CT molecular complexity index is 1310. The third kappa shape index (κ3) is 3.71. The largest absolute Gasteiger partial charge is 0.451 e. The van der Waals surface area contributed by atoms with Crippen molar-refractivity contribution in [2.45, 2.75) is 32.6 Å². The van der Waals surface area contributed by atoms with Crippen molar-refractivity contribution in [2.24, 2.45) is 11.8 Å². The molecule has 5 nitrogen and oxygen atoms in total. The minimum Gasteiger partial charge on any atom is -0.451 e. The number of hydrogen-bond donors (Lipinski definition) is 0. The van der Waals surface area contributed by atoms with Crippen LogP contribution < -0.4 is 0 Å². The van der Waals surface area contributed by atoms with Gasteiger partial charge in [0.1, 0.15) is 11.4 Å². The standard InChI is InChI=1S/C28H26N2O3/c1-17-16-30(28(32)27-13-19-5-2-3-8-26(19)33-27)12-11-21(17)23-14-20(15-25(31)18-9-10-18)29-24-7-4-6-22(23)24/h2-6,8,11,13-14,17-18H,7,9-10,12,15-16H2,1H3. The molecule has 1 unspecified atom stereocenters. The molecule has 5 heteroatoms. The summed E-state index contributed by atoms with van der Waals surface area (Å²) in [4.78, 5) is 32.2. The molecule has 1 saturated carbocycles. The van der Waals surface area contributed by atoms with E-state index in [1.807, 2.05) is 35.2 Å². The Morgan fingerprint density at radius 1 is 1.18 bits per heavy atom. The molecular weight excluding hydrogens is 412 g/mol. The van der Waals surface area contributed by atoms with E-state index in [1.54, 1.807) is 0 Å². The van der Waals surface area contributed by atoms with Crippen LogP contribution in [0.25, 0.3) is 22.6 Å². The lowest BCUT2D eigenvalue weighted by Gasteiger charge is -2.31. The molecular formula is C28H26N2O3. The quantitative estimate of drug-likeness (QED) is 0.556. The number of furan rings is 1. The summed E-state index contributed by atoms with van der Waals surface area (Å²) < 4.78 is 5.81. The maximum Gasteiger partial charge on any atom is 0.289 e. The highest BCUT2D eigenvalue weighted by atomic mass is 16.3. The highest BCUT2D eigenvalue weighted by Crippen LogP contribution is 2.36. The summed E-state index contributed by atoms with van der Waals surface area (Å²) in [5.41, 5.74) is 6.21. The minimum atomic E-state index is -0.0797. The SMILES string of the molecule is CC1CN(C(=O)c2cc3ccccc3o2)CC=C1c1cc(CC(=O)C2CC2)nc2c1C=CC2. The zero-order valence-corrected chi connectivity index (χ0v) is 18.7. The number of pyridine rings is 1. The first-order chi connectivity index (χ1) is 16.1. The number of allylic oxidation sites excluding steroid dienone is 1. The lowest BCUT2D eigenvalue weighted by atomic mass is 9.87. The Hall–Kier alpha value is -3.47. The number of aromatic nitrogens is 1. The van der Waals surface area contributed by atoms with E-state index < -0.39 is 0 Å². The van der Waals surface area contributed by atoms with Gasteiger partial charge in [0.15, 0.2) is 5.76 Å². The van der Waals surface area contributed by atoms with Crippen LogP contribution in [0.5, 0.6) is 0 Å². The summed E-state index contributed by atoms with van der Waals surface area (Å²) in [6.45, 7) is 3.32. The highest BCUT2D eigenvalue weighted by molar-refractivity contribution is 5.96. The molecule has 0 radical (unpaired) electrons. The van der Waals surface area contributed by atoms with E-state index in [0.717, 1.165) is 52.7 Å². The number of para-hydroxylation sites is 1. The van der Waals surface area contributed by atoms with E-state index in [0.29, 0.717) is 31.1 Å². The number of fused-ring (bicyclic) bond motifs is 2. The van der Waals surface area contributed by atoms with Crippen LogP contribution in [0.15, 0.2) is 53.0 Å². The van der Waals surface area contributed by atoms with Gasteiger partial charge in [-0.3, -0.25) is 14.6 Å². The van der Waals surface area contributed by atoms with E-state index in [1.165, 1.54) is 5.57 Å². The van der Waals surface area contributed by atoms with Gasteiger partial charge in [0, 0.05) is 48.5 Å². The van der Waals surface area contributed by atoms with Gasteiger partial charge >= 0.3 is 0 Å². The predicted molar refractivity (Wildman–Crippen MR) is 128 cm³/mol. The molecule has 1 atom stereocenters. The third-order valence-corrected chi connectivity index (χ3v) is 6.97. The first-order valence-electron chi connectivity index (χ1n) is 11.8. The van der Waals surface area contributed by atoms with Crippen molar-refractivity contribution in [3.63, 3.8) is 0 Å². The van der Waals surface area contributed by atoms with Crippen LogP contribution in [0.2, 0.25) is 0 Å². The molecule has 1 fully saturated rings. The molecule has 6 rings (SSSR count). The Morgan fingerprint density at radius 2 is 2.03 bits per heavy atom. The Balaban J connectivity index is 1.28. The Kier molecular flexibility index (Phi) is 4.79. The van der Waals surface area contributed by atoms with Crippen molar-refractivity contribution in [3.8, 4) is 0 Å². The van der Waals surface area contributed by atoms with Gasteiger partial charge in [0.2, 0.25) is 0 Å². The summed E-state index contributed by atoms with van der Waals surface area (Å²) in [6, 6.07) is 11.6. The van der Waals surface area contributed by atoms with Gasteiger partial charge in [-0.15, -0.1) is 0 Å². The molecule has 0 saturated heterocycles. The van der Waals surface area contributed by atoms with Crippen LogP contribution in [0.1, 0.15) is 52.8 Å². The van der Waals surface area contributed by atoms with E-state index >= 15 is 0 Å². The van der Waals surface area contributed by atoms with E-state index in [9.17, 15) is 9.59 Å². The smallest absolute Gasteiger partial charge is 0.289 e. The lowest BCUT2D eigenvalue weighted by Crippen LogP contribution is -2.38. The van der Waals surface area contributed by atoms with Gasteiger partial charge in [0.05, 0.1) is 5.69 Å². The molecule has 1 amide bonds. The van der Waals surface area contributed by atoms with Crippen LogP contribution in [-0.2, 0) is 17.6 Å². The van der Waals surface area contributed by atoms with Gasteiger partial charge in [-0.25, -0.2) is 0 Å². The molecule has 1 aliphatic heterocycles. The summed E-state index contributed by atoms with van der Waals surface area (Å²) in [6.07, 6.45) is 9.71. The first-order valence-corrected chi connectivity index (χ1v) is 11.8. The van der Waals surface area contributed by atoms with E-state index in [2.05, 4.69) is 31.2 Å². The summed E-state index contributed by atoms with van der Waals surface area (Å²) in [5, 5.41) is 0.939. The molecule has 166 valence electrons. The van der Waals surface area contributed by atoms with E-state index in [4.69, 9.17) is 9.40 Å². The first kappa shape index (κ1) is 20.2. The second-order valence-corrected chi connectivity index (χ2v) is 9.46. The zero-order chi connectivity index (χ0) is 22.5. The molecule has 1 aromatic carbocycles. The molecule has 2 aliphatic carbocycles. The van der Waals surface area contributed by atoms with Crippen molar-refractivity contribution in [2.75, 3.05) is 13.1 Å². The fourth-order valence-corrected chi connectivity index (χ4v) is 5.05. The van der Waals surface area contributed by atoms with Crippen molar-refractivity contribution in [1.29, 1.82) is 0 Å². The number of amides is 1. The maximum atomic E-state index is 13.1. The molecule has 0 bridgehead atoms. The van der Waals surface area contributed by atoms with Gasteiger partial charge < -0.3 is 9.32 Å². The molecule has 3 aromatic rings. The lowest BCUT2D eigenvalue weighted by molar-refractivity contribution is -0.119. The van der Waals surface area contributed by atoms with Crippen LogP contribution in [0, 0.1) is 11.8 Å². The van der Waals surface area contributed by atoms with Gasteiger partial charge in [0.25, 0.3) is 5.91 Å². The molecule has 33 heavy (non-hydrogen) atoms. The van der Waals surface area contributed by atoms with Crippen molar-refractivity contribution in [1.82, 2.24) is 9.88 Å². The highest BCUT2D eigenvalue weighted by Gasteiger charge is 2.31. The maximum absolute atomic E-state index is 13.1. The van der Waals surface area contributed by atoms with Crippen LogP contribution >= 0.6 is 0 Å². The molecule has 0 spiro atoms. The van der Waals surface area contributed by atoms with Crippen molar-refractivity contribution >= 4 is 34.3 Å². The van der Waals surface area contributed by atoms with Gasteiger partial charge in [-0.2, -0.15) is 0 Å². The molecule has 0 N–H and O–H groups in total. The zero-order valence-electron chi connectivity index (χ0n) is 18.7. The van der Waals surface area contributed by atoms with Crippen molar-refractivity contribution < 1.29 is 14.0 Å². The molecule has 3 aliphatic rings. The normalized spacial score (nSPS) is 19.6. The number of hydrogen-bond acceptors (Lipinski definition) is 4. The monoisotopic (exact) mass is 438 g/mol. The fraction of sp³-hybridized carbons (Fsp3) is 0.321. The average molecular weight is 439 g/mol. The summed E-state index contributed by atoms with van der Waals surface area (Å²) in [5.74, 6) is 1.03.